The van der Waals surface area contributed by atoms with Gasteiger partial charge in [0.1, 0.15) is 5.82 Å². The van der Waals surface area contributed by atoms with Crippen LogP contribution in [0.3, 0.4) is 0 Å². The van der Waals surface area contributed by atoms with Gasteiger partial charge in [-0.2, -0.15) is 0 Å². The highest BCUT2D eigenvalue weighted by Crippen LogP contribution is 2.40. The number of carbonyl (C=O) groups is 2. The molecule has 2 fully saturated rings. The van der Waals surface area contributed by atoms with Crippen molar-refractivity contribution in [2.75, 3.05) is 6.54 Å². The van der Waals surface area contributed by atoms with Gasteiger partial charge in [0.25, 0.3) is 0 Å². The van der Waals surface area contributed by atoms with Crippen LogP contribution in [0.2, 0.25) is 0 Å². The van der Waals surface area contributed by atoms with Crippen molar-refractivity contribution in [3.63, 3.8) is 0 Å². The van der Waals surface area contributed by atoms with Gasteiger partial charge in [0.05, 0.1) is 12.0 Å². The summed E-state index contributed by atoms with van der Waals surface area (Å²) in [5.74, 6) is -0.818. The standard InChI is InChI=1S/C23H26FN3O2/c1-2-26-21(28)12-11-19(22(26)18-7-3-4-8-20(18)24)23(29)27(17-9-10-17)15-16-6-5-13-25-14-16/h3-8,13-14,17,19,22H,2,9-12,15H2,1H3/t19-,22+/m1/s1. The van der Waals surface area contributed by atoms with Gasteiger partial charge in [-0.05, 0) is 43.9 Å². The second-order valence-corrected chi connectivity index (χ2v) is 7.85. The average Bonchev–Trinajstić information content (AvgIpc) is 3.58. The molecule has 1 aromatic carbocycles. The Kier molecular flexibility index (Phi) is 5.60. The largest absolute Gasteiger partial charge is 0.335 e. The zero-order valence-corrected chi connectivity index (χ0v) is 16.6. The molecule has 152 valence electrons. The highest BCUT2D eigenvalue weighted by molar-refractivity contribution is 5.85. The molecule has 0 N–H and O–H groups in total. The number of hydrogen-bond donors (Lipinski definition) is 0. The van der Waals surface area contributed by atoms with E-state index in [1.165, 1.54) is 6.07 Å². The third kappa shape index (κ3) is 4.02. The van der Waals surface area contributed by atoms with E-state index < -0.39 is 12.0 Å². The van der Waals surface area contributed by atoms with Crippen molar-refractivity contribution in [3.05, 3.63) is 65.7 Å². The van der Waals surface area contributed by atoms with Crippen LogP contribution in [0.15, 0.2) is 48.8 Å². The Bertz CT molecular complexity index is 885. The molecule has 5 nitrogen and oxygen atoms in total. The van der Waals surface area contributed by atoms with E-state index in [9.17, 15) is 14.0 Å². The SMILES string of the molecule is CCN1C(=O)CC[C@@H](C(=O)N(Cc2cccnc2)C2CC2)[C@@H]1c1ccccc1F. The van der Waals surface area contributed by atoms with Gasteiger partial charge in [-0.25, -0.2) is 4.39 Å². The van der Waals surface area contributed by atoms with Crippen LogP contribution in [0.5, 0.6) is 0 Å². The number of hydrogen-bond acceptors (Lipinski definition) is 3. The third-order valence-corrected chi connectivity index (χ3v) is 5.93. The summed E-state index contributed by atoms with van der Waals surface area (Å²) in [6, 6.07) is 9.98. The molecular formula is C23H26FN3O2. The van der Waals surface area contributed by atoms with Crippen molar-refractivity contribution in [3.8, 4) is 0 Å². The number of aromatic nitrogens is 1. The summed E-state index contributed by atoms with van der Waals surface area (Å²) in [5, 5.41) is 0. The Morgan fingerprint density at radius 2 is 2.00 bits per heavy atom. The Morgan fingerprint density at radius 1 is 1.21 bits per heavy atom. The van der Waals surface area contributed by atoms with E-state index in [0.29, 0.717) is 31.5 Å². The first-order valence-electron chi connectivity index (χ1n) is 10.3. The molecule has 1 saturated heterocycles. The van der Waals surface area contributed by atoms with Crippen molar-refractivity contribution < 1.29 is 14.0 Å². The molecule has 1 aromatic heterocycles. The zero-order chi connectivity index (χ0) is 20.4. The lowest BCUT2D eigenvalue weighted by molar-refractivity contribution is -0.148. The van der Waals surface area contributed by atoms with E-state index in [1.807, 2.05) is 24.0 Å². The number of nitrogens with zero attached hydrogens (tertiary/aromatic N) is 3. The molecular weight excluding hydrogens is 369 g/mol. The van der Waals surface area contributed by atoms with Gasteiger partial charge in [0.15, 0.2) is 0 Å². The van der Waals surface area contributed by atoms with E-state index in [2.05, 4.69) is 4.98 Å². The fraction of sp³-hybridized carbons (Fsp3) is 0.435. The number of halogens is 1. The fourth-order valence-electron chi connectivity index (χ4n) is 4.36. The molecule has 0 radical (unpaired) electrons. The minimum absolute atomic E-state index is 0.00977. The molecule has 0 unspecified atom stereocenters. The summed E-state index contributed by atoms with van der Waals surface area (Å²) in [4.78, 5) is 34.0. The Morgan fingerprint density at radius 3 is 2.66 bits per heavy atom. The van der Waals surface area contributed by atoms with E-state index in [0.717, 1.165) is 18.4 Å². The fourth-order valence-corrected chi connectivity index (χ4v) is 4.36. The summed E-state index contributed by atoms with van der Waals surface area (Å²) < 4.78 is 14.7. The topological polar surface area (TPSA) is 53.5 Å². The summed E-state index contributed by atoms with van der Waals surface area (Å²) in [7, 11) is 0. The number of amides is 2. The zero-order valence-electron chi connectivity index (χ0n) is 16.6. The molecule has 2 aliphatic rings. The van der Waals surface area contributed by atoms with Gasteiger partial charge in [0, 0.05) is 43.5 Å². The average molecular weight is 395 g/mol. The van der Waals surface area contributed by atoms with Crippen molar-refractivity contribution >= 4 is 11.8 Å². The van der Waals surface area contributed by atoms with Crippen LogP contribution in [0.4, 0.5) is 4.39 Å². The van der Waals surface area contributed by atoms with Crippen LogP contribution in [-0.4, -0.2) is 39.2 Å². The summed E-state index contributed by atoms with van der Waals surface area (Å²) in [6.07, 6.45) is 6.23. The van der Waals surface area contributed by atoms with Gasteiger partial charge >= 0.3 is 0 Å². The second kappa shape index (κ2) is 8.31. The Balaban J connectivity index is 1.67. The number of pyridine rings is 1. The minimum atomic E-state index is -0.565. The van der Waals surface area contributed by atoms with Crippen LogP contribution < -0.4 is 0 Å². The molecule has 2 atom stereocenters. The number of rotatable bonds is 6. The van der Waals surface area contributed by atoms with Gasteiger partial charge < -0.3 is 9.80 Å². The number of piperidine rings is 1. The quantitative estimate of drug-likeness (QED) is 0.749. The molecule has 1 aliphatic heterocycles. The summed E-state index contributed by atoms with van der Waals surface area (Å²) in [5.41, 5.74) is 1.41. The maximum absolute atomic E-state index is 14.7. The lowest BCUT2D eigenvalue weighted by atomic mass is 9.83. The molecule has 2 amide bonds. The predicted octanol–water partition coefficient (Wildman–Crippen LogP) is 3.71. The molecule has 1 aliphatic carbocycles. The van der Waals surface area contributed by atoms with Crippen LogP contribution in [0.25, 0.3) is 0 Å². The van der Waals surface area contributed by atoms with Gasteiger partial charge in [-0.15, -0.1) is 0 Å². The number of likely N-dealkylation sites (tertiary alicyclic amines) is 1. The van der Waals surface area contributed by atoms with Crippen molar-refractivity contribution in [2.24, 2.45) is 5.92 Å². The Hall–Kier alpha value is -2.76. The van der Waals surface area contributed by atoms with E-state index >= 15 is 0 Å². The molecule has 6 heteroatoms. The van der Waals surface area contributed by atoms with Crippen LogP contribution in [0, 0.1) is 11.7 Å². The first-order chi connectivity index (χ1) is 14.1. The summed E-state index contributed by atoms with van der Waals surface area (Å²) in [6.45, 7) is 2.83. The molecule has 4 rings (SSSR count). The normalized spacial score (nSPS) is 21.9. The van der Waals surface area contributed by atoms with Crippen molar-refractivity contribution in [2.45, 2.75) is 51.2 Å². The smallest absolute Gasteiger partial charge is 0.228 e. The predicted molar refractivity (Wildman–Crippen MR) is 107 cm³/mol. The van der Waals surface area contributed by atoms with Crippen molar-refractivity contribution in [1.82, 2.24) is 14.8 Å². The maximum Gasteiger partial charge on any atom is 0.228 e. The highest BCUT2D eigenvalue weighted by atomic mass is 19.1. The molecule has 1 saturated carbocycles. The summed E-state index contributed by atoms with van der Waals surface area (Å²) >= 11 is 0. The first kappa shape index (κ1) is 19.6. The monoisotopic (exact) mass is 395 g/mol. The van der Waals surface area contributed by atoms with Gasteiger partial charge in [-0.1, -0.05) is 24.3 Å². The van der Waals surface area contributed by atoms with Crippen LogP contribution in [-0.2, 0) is 16.1 Å². The van der Waals surface area contributed by atoms with E-state index in [1.54, 1.807) is 35.5 Å². The van der Waals surface area contributed by atoms with Gasteiger partial charge in [0.2, 0.25) is 11.8 Å². The third-order valence-electron chi connectivity index (χ3n) is 5.93. The lowest BCUT2D eigenvalue weighted by Crippen LogP contribution is -2.49. The highest BCUT2D eigenvalue weighted by Gasteiger charge is 2.45. The Labute approximate surface area is 170 Å². The van der Waals surface area contributed by atoms with Crippen molar-refractivity contribution in [1.29, 1.82) is 0 Å². The lowest BCUT2D eigenvalue weighted by Gasteiger charge is -2.42. The van der Waals surface area contributed by atoms with Gasteiger partial charge in [-0.3, -0.25) is 14.6 Å². The van der Waals surface area contributed by atoms with Crippen LogP contribution >= 0.6 is 0 Å². The molecule has 2 aromatic rings. The first-order valence-corrected chi connectivity index (χ1v) is 10.3. The number of carbonyl (C=O) groups excluding carboxylic acids is 2. The maximum atomic E-state index is 14.7. The second-order valence-electron chi connectivity index (χ2n) is 7.85. The van der Waals surface area contributed by atoms with Crippen LogP contribution in [0.1, 0.15) is 49.8 Å². The molecule has 0 bridgehead atoms. The molecule has 0 spiro atoms. The molecule has 29 heavy (non-hydrogen) atoms. The minimum Gasteiger partial charge on any atom is -0.335 e. The van der Waals surface area contributed by atoms with E-state index in [4.69, 9.17) is 0 Å². The number of benzene rings is 1. The van der Waals surface area contributed by atoms with E-state index in [-0.39, 0.29) is 23.7 Å². The molecule has 2 heterocycles.